The van der Waals surface area contributed by atoms with Crippen LogP contribution in [0.2, 0.25) is 0 Å². The largest absolute Gasteiger partial charge is 0.494 e. The second kappa shape index (κ2) is 4.86. The minimum absolute atomic E-state index is 0.709. The normalized spacial score (nSPS) is 10.9. The summed E-state index contributed by atoms with van der Waals surface area (Å²) in [7, 11) is 0. The van der Waals surface area contributed by atoms with Crippen molar-refractivity contribution in [1.29, 1.82) is 0 Å². The molecule has 0 fully saturated rings. The van der Waals surface area contributed by atoms with Gasteiger partial charge in [-0.05, 0) is 53.6 Å². The topological polar surface area (TPSA) is 14.2 Å². The predicted molar refractivity (Wildman–Crippen MR) is 76.5 cm³/mol. The standard InChI is InChI=1S/C15H15NOS/c1-2-17-14-3-4-15-13(9-14)5-7-16(15)10-12-6-8-18-11-12/h3-9,11H,2,10H2,1H3. The molecule has 3 rings (SSSR count). The second-order valence-electron chi connectivity index (χ2n) is 4.23. The lowest BCUT2D eigenvalue weighted by Gasteiger charge is -2.06. The molecule has 1 aromatic carbocycles. The summed E-state index contributed by atoms with van der Waals surface area (Å²) in [5.74, 6) is 0.943. The minimum atomic E-state index is 0.709. The molecule has 2 heterocycles. The van der Waals surface area contributed by atoms with Crippen molar-refractivity contribution < 1.29 is 4.74 Å². The van der Waals surface area contributed by atoms with Crippen LogP contribution in [0, 0.1) is 0 Å². The average Bonchev–Trinajstić information content (AvgIpc) is 3.00. The molecule has 0 bridgehead atoms. The van der Waals surface area contributed by atoms with Gasteiger partial charge in [0.15, 0.2) is 0 Å². The fourth-order valence-electron chi connectivity index (χ4n) is 2.15. The Bertz CT molecular complexity index is 640. The number of nitrogens with zero attached hydrogens (tertiary/aromatic N) is 1. The molecule has 0 unspecified atom stereocenters. The minimum Gasteiger partial charge on any atom is -0.494 e. The number of fused-ring (bicyclic) bond motifs is 1. The fraction of sp³-hybridized carbons (Fsp3) is 0.200. The van der Waals surface area contributed by atoms with Gasteiger partial charge in [0.05, 0.1) is 6.61 Å². The molecular weight excluding hydrogens is 242 g/mol. The number of ether oxygens (including phenoxy) is 1. The summed E-state index contributed by atoms with van der Waals surface area (Å²) in [5, 5.41) is 5.55. The first-order chi connectivity index (χ1) is 8.86. The SMILES string of the molecule is CCOc1ccc2c(ccn2Cc2ccsc2)c1. The van der Waals surface area contributed by atoms with Crippen molar-refractivity contribution in [3.05, 3.63) is 52.9 Å². The molecule has 0 amide bonds. The van der Waals surface area contributed by atoms with Crippen molar-refractivity contribution >= 4 is 22.2 Å². The van der Waals surface area contributed by atoms with Gasteiger partial charge in [-0.2, -0.15) is 11.3 Å². The first kappa shape index (κ1) is 11.4. The Balaban J connectivity index is 1.94. The molecule has 2 aromatic heterocycles. The molecule has 0 spiro atoms. The molecule has 92 valence electrons. The van der Waals surface area contributed by atoms with E-state index in [0.29, 0.717) is 6.61 Å². The van der Waals surface area contributed by atoms with Crippen LogP contribution in [-0.2, 0) is 6.54 Å². The van der Waals surface area contributed by atoms with E-state index in [1.165, 1.54) is 16.5 Å². The van der Waals surface area contributed by atoms with Crippen molar-refractivity contribution in [1.82, 2.24) is 4.57 Å². The van der Waals surface area contributed by atoms with Crippen LogP contribution in [-0.4, -0.2) is 11.2 Å². The van der Waals surface area contributed by atoms with Crippen molar-refractivity contribution in [2.45, 2.75) is 13.5 Å². The van der Waals surface area contributed by atoms with Gasteiger partial charge in [0.25, 0.3) is 0 Å². The monoisotopic (exact) mass is 257 g/mol. The zero-order chi connectivity index (χ0) is 12.4. The predicted octanol–water partition coefficient (Wildman–Crippen LogP) is 4.15. The lowest BCUT2D eigenvalue weighted by atomic mass is 10.2. The van der Waals surface area contributed by atoms with Gasteiger partial charge in [0.1, 0.15) is 5.75 Å². The van der Waals surface area contributed by atoms with Gasteiger partial charge in [-0.15, -0.1) is 0 Å². The van der Waals surface area contributed by atoms with E-state index in [-0.39, 0.29) is 0 Å². The molecule has 0 aliphatic carbocycles. The van der Waals surface area contributed by atoms with E-state index in [9.17, 15) is 0 Å². The van der Waals surface area contributed by atoms with Crippen LogP contribution in [0.4, 0.5) is 0 Å². The summed E-state index contributed by atoms with van der Waals surface area (Å²) in [5.41, 5.74) is 2.61. The van der Waals surface area contributed by atoms with Crippen molar-refractivity contribution in [3.63, 3.8) is 0 Å². The Labute approximate surface area is 110 Å². The highest BCUT2D eigenvalue weighted by molar-refractivity contribution is 7.07. The van der Waals surface area contributed by atoms with Crippen LogP contribution in [0.25, 0.3) is 10.9 Å². The molecule has 0 saturated carbocycles. The summed E-state index contributed by atoms with van der Waals surface area (Å²) in [6.07, 6.45) is 2.14. The van der Waals surface area contributed by atoms with Gasteiger partial charge in [0.2, 0.25) is 0 Å². The zero-order valence-electron chi connectivity index (χ0n) is 10.3. The molecule has 0 N–H and O–H groups in total. The summed E-state index contributed by atoms with van der Waals surface area (Å²) < 4.78 is 7.79. The number of aromatic nitrogens is 1. The van der Waals surface area contributed by atoms with Gasteiger partial charge in [-0.3, -0.25) is 0 Å². The molecule has 0 aliphatic heterocycles. The lowest BCUT2D eigenvalue weighted by molar-refractivity contribution is 0.340. The molecule has 3 heteroatoms. The number of hydrogen-bond acceptors (Lipinski definition) is 2. The second-order valence-corrected chi connectivity index (χ2v) is 5.01. The molecular formula is C15H15NOS. The molecule has 18 heavy (non-hydrogen) atoms. The van der Waals surface area contributed by atoms with Crippen LogP contribution >= 0.6 is 11.3 Å². The molecule has 0 saturated heterocycles. The first-order valence-electron chi connectivity index (χ1n) is 6.09. The maximum atomic E-state index is 5.52. The number of thiophene rings is 1. The van der Waals surface area contributed by atoms with Crippen molar-refractivity contribution in [2.24, 2.45) is 0 Å². The quantitative estimate of drug-likeness (QED) is 0.685. The van der Waals surface area contributed by atoms with E-state index in [4.69, 9.17) is 4.74 Å². The smallest absolute Gasteiger partial charge is 0.120 e. The van der Waals surface area contributed by atoms with E-state index in [1.807, 2.05) is 13.0 Å². The van der Waals surface area contributed by atoms with Crippen LogP contribution < -0.4 is 4.74 Å². The van der Waals surface area contributed by atoms with Gasteiger partial charge < -0.3 is 9.30 Å². The summed E-state index contributed by atoms with van der Waals surface area (Å²) in [6, 6.07) is 10.6. The van der Waals surface area contributed by atoms with Crippen molar-refractivity contribution in [2.75, 3.05) is 6.61 Å². The molecule has 0 aliphatic rings. The third-order valence-corrected chi connectivity index (χ3v) is 3.72. The summed E-state index contributed by atoms with van der Waals surface area (Å²) in [6.45, 7) is 3.65. The van der Waals surface area contributed by atoms with E-state index < -0.39 is 0 Å². The maximum absolute atomic E-state index is 5.52. The highest BCUT2D eigenvalue weighted by Crippen LogP contribution is 2.23. The van der Waals surface area contributed by atoms with Crippen LogP contribution in [0.15, 0.2) is 47.3 Å². The number of benzene rings is 1. The Kier molecular flexibility index (Phi) is 3.07. The Morgan fingerprint density at radius 3 is 2.94 bits per heavy atom. The Hall–Kier alpha value is -1.74. The highest BCUT2D eigenvalue weighted by atomic mass is 32.1. The third-order valence-electron chi connectivity index (χ3n) is 2.99. The third kappa shape index (κ3) is 2.14. The van der Waals surface area contributed by atoms with Gasteiger partial charge >= 0.3 is 0 Å². The van der Waals surface area contributed by atoms with Crippen LogP contribution in [0.3, 0.4) is 0 Å². The van der Waals surface area contributed by atoms with Gasteiger partial charge in [-0.25, -0.2) is 0 Å². The number of hydrogen-bond donors (Lipinski definition) is 0. The first-order valence-corrected chi connectivity index (χ1v) is 7.04. The molecule has 2 nitrogen and oxygen atoms in total. The Morgan fingerprint density at radius 1 is 1.22 bits per heavy atom. The number of rotatable bonds is 4. The average molecular weight is 257 g/mol. The van der Waals surface area contributed by atoms with E-state index in [2.05, 4.69) is 45.8 Å². The van der Waals surface area contributed by atoms with E-state index in [1.54, 1.807) is 11.3 Å². The molecule has 0 radical (unpaired) electrons. The van der Waals surface area contributed by atoms with Gasteiger partial charge in [0, 0.05) is 23.6 Å². The highest BCUT2D eigenvalue weighted by Gasteiger charge is 2.03. The fourth-order valence-corrected chi connectivity index (χ4v) is 2.81. The molecule has 0 atom stereocenters. The van der Waals surface area contributed by atoms with E-state index >= 15 is 0 Å². The van der Waals surface area contributed by atoms with Crippen LogP contribution in [0.1, 0.15) is 12.5 Å². The zero-order valence-corrected chi connectivity index (χ0v) is 11.1. The van der Waals surface area contributed by atoms with E-state index in [0.717, 1.165) is 12.3 Å². The van der Waals surface area contributed by atoms with Crippen molar-refractivity contribution in [3.8, 4) is 5.75 Å². The van der Waals surface area contributed by atoms with Gasteiger partial charge in [-0.1, -0.05) is 0 Å². The van der Waals surface area contributed by atoms with Crippen LogP contribution in [0.5, 0.6) is 5.75 Å². The Morgan fingerprint density at radius 2 is 2.17 bits per heavy atom. The molecule has 3 aromatic rings. The summed E-state index contributed by atoms with van der Waals surface area (Å²) in [4.78, 5) is 0. The maximum Gasteiger partial charge on any atom is 0.120 e. The summed E-state index contributed by atoms with van der Waals surface area (Å²) >= 11 is 1.74. The lowest BCUT2D eigenvalue weighted by Crippen LogP contribution is -1.96.